The van der Waals surface area contributed by atoms with Gasteiger partial charge >= 0.3 is 0 Å². The van der Waals surface area contributed by atoms with E-state index in [1.165, 1.54) is 5.56 Å². The van der Waals surface area contributed by atoms with Crippen molar-refractivity contribution in [1.82, 2.24) is 24.7 Å². The molecule has 3 amide bonds. The van der Waals surface area contributed by atoms with Crippen LogP contribution in [-0.2, 0) is 4.79 Å². The highest BCUT2D eigenvalue weighted by molar-refractivity contribution is 6.06. The van der Waals surface area contributed by atoms with E-state index in [4.69, 9.17) is 5.73 Å². The average Bonchev–Trinajstić information content (AvgIpc) is 3.47. The smallest absolute Gasteiger partial charge is 0.268 e. The summed E-state index contributed by atoms with van der Waals surface area (Å²) in [5.41, 5.74) is 7.58. The highest BCUT2D eigenvalue weighted by atomic mass is 16.2. The first-order valence-corrected chi connectivity index (χ1v) is 13.4. The Labute approximate surface area is 223 Å². The van der Waals surface area contributed by atoms with E-state index in [1.807, 2.05) is 15.9 Å². The van der Waals surface area contributed by atoms with Crippen LogP contribution >= 0.6 is 0 Å². The summed E-state index contributed by atoms with van der Waals surface area (Å²) in [6, 6.07) is 10.4. The first-order valence-electron chi connectivity index (χ1n) is 13.4. The van der Waals surface area contributed by atoms with Crippen LogP contribution in [0.3, 0.4) is 0 Å². The number of hydrogen-bond donors (Lipinski definition) is 1. The SMILES string of the molecule is CC(=O)N1CCN(c2nc(C)c(C(=O)N3CC4CN(CC[CH]c5ccccc5)C[C@H]4C3)c(C(N)=O)n2)CC1. The quantitative estimate of drug-likeness (QED) is 0.586. The van der Waals surface area contributed by atoms with Gasteiger partial charge in [-0.1, -0.05) is 30.3 Å². The van der Waals surface area contributed by atoms with Crippen molar-refractivity contribution < 1.29 is 14.4 Å². The van der Waals surface area contributed by atoms with Gasteiger partial charge in [-0.2, -0.15) is 0 Å². The van der Waals surface area contributed by atoms with Gasteiger partial charge < -0.3 is 25.3 Å². The Kier molecular flexibility index (Phi) is 7.60. The van der Waals surface area contributed by atoms with Crippen LogP contribution in [0.15, 0.2) is 30.3 Å². The number of amides is 3. The van der Waals surface area contributed by atoms with E-state index in [0.29, 0.717) is 62.7 Å². The molecule has 4 heterocycles. The Morgan fingerprint density at radius 1 is 0.947 bits per heavy atom. The second kappa shape index (κ2) is 11.1. The molecule has 3 fully saturated rings. The number of primary amides is 1. The lowest BCUT2D eigenvalue weighted by Gasteiger charge is -2.34. The van der Waals surface area contributed by atoms with E-state index in [1.54, 1.807) is 18.7 Å². The molecule has 10 heteroatoms. The monoisotopic (exact) mass is 518 g/mol. The minimum atomic E-state index is -0.734. The molecular formula is C28H36N7O3. The highest BCUT2D eigenvalue weighted by Gasteiger charge is 2.42. The van der Waals surface area contributed by atoms with Crippen LogP contribution in [0, 0.1) is 25.2 Å². The topological polar surface area (TPSA) is 116 Å². The van der Waals surface area contributed by atoms with Gasteiger partial charge in [-0.3, -0.25) is 14.4 Å². The summed E-state index contributed by atoms with van der Waals surface area (Å²) in [4.78, 5) is 54.7. The van der Waals surface area contributed by atoms with Crippen LogP contribution in [0.2, 0.25) is 0 Å². The number of aryl methyl sites for hydroxylation is 1. The summed E-state index contributed by atoms with van der Waals surface area (Å²) < 4.78 is 0. The van der Waals surface area contributed by atoms with Gasteiger partial charge in [0.1, 0.15) is 5.69 Å². The third-order valence-electron chi connectivity index (χ3n) is 8.01. The Bertz CT molecular complexity index is 1180. The fraction of sp³-hybridized carbons (Fsp3) is 0.500. The number of nitrogens with two attached hydrogens (primary N) is 1. The molecule has 3 saturated heterocycles. The number of rotatable bonds is 7. The maximum absolute atomic E-state index is 13.6. The van der Waals surface area contributed by atoms with Gasteiger partial charge in [0.15, 0.2) is 0 Å². The third kappa shape index (κ3) is 5.50. The van der Waals surface area contributed by atoms with Crippen molar-refractivity contribution in [2.24, 2.45) is 17.6 Å². The van der Waals surface area contributed by atoms with Crippen LogP contribution in [0.1, 0.15) is 45.4 Å². The van der Waals surface area contributed by atoms with Crippen molar-refractivity contribution in [3.05, 3.63) is 59.3 Å². The zero-order chi connectivity index (χ0) is 26.8. The minimum Gasteiger partial charge on any atom is -0.364 e. The molecular weight excluding hydrogens is 482 g/mol. The summed E-state index contributed by atoms with van der Waals surface area (Å²) >= 11 is 0. The van der Waals surface area contributed by atoms with Crippen molar-refractivity contribution >= 4 is 23.7 Å². The summed E-state index contributed by atoms with van der Waals surface area (Å²) in [6.45, 7) is 9.79. The first-order chi connectivity index (χ1) is 18.3. The molecule has 1 aromatic carbocycles. The number of fused-ring (bicyclic) bond motifs is 1. The van der Waals surface area contributed by atoms with Gasteiger partial charge in [-0.15, -0.1) is 0 Å². The minimum absolute atomic E-state index is 0.0263. The van der Waals surface area contributed by atoms with Crippen LogP contribution < -0.4 is 10.6 Å². The number of anilines is 1. The van der Waals surface area contributed by atoms with E-state index >= 15 is 0 Å². The number of nitrogens with zero attached hydrogens (tertiary/aromatic N) is 6. The maximum Gasteiger partial charge on any atom is 0.268 e. The van der Waals surface area contributed by atoms with Crippen molar-refractivity contribution in [3.8, 4) is 0 Å². The summed E-state index contributed by atoms with van der Waals surface area (Å²) in [7, 11) is 0. The molecule has 1 radical (unpaired) electrons. The van der Waals surface area contributed by atoms with Crippen molar-refractivity contribution in [1.29, 1.82) is 0 Å². The zero-order valence-corrected chi connectivity index (χ0v) is 22.2. The van der Waals surface area contributed by atoms with E-state index in [-0.39, 0.29) is 23.1 Å². The number of aromatic nitrogens is 2. The Morgan fingerprint density at radius 3 is 2.21 bits per heavy atom. The zero-order valence-electron chi connectivity index (χ0n) is 22.2. The predicted octanol–water partition coefficient (Wildman–Crippen LogP) is 1.20. The molecule has 3 aliphatic heterocycles. The maximum atomic E-state index is 13.6. The summed E-state index contributed by atoms with van der Waals surface area (Å²) in [5, 5.41) is 0. The van der Waals surface area contributed by atoms with Gasteiger partial charge in [-0.05, 0) is 43.7 Å². The molecule has 0 spiro atoms. The summed E-state index contributed by atoms with van der Waals surface area (Å²) in [5.74, 6) is 0.295. The Morgan fingerprint density at radius 2 is 1.61 bits per heavy atom. The fourth-order valence-electron chi connectivity index (χ4n) is 5.95. The molecule has 3 aliphatic rings. The van der Waals surface area contributed by atoms with E-state index in [0.717, 1.165) is 26.1 Å². The normalized spacial score (nSPS) is 21.6. The van der Waals surface area contributed by atoms with Crippen LogP contribution in [0.4, 0.5) is 5.95 Å². The lowest BCUT2D eigenvalue weighted by Crippen LogP contribution is -2.48. The standard InChI is InChI=1S/C28H36N7O3/c1-19-24(25(26(29)37)31-28(30-19)34-13-11-33(12-14-34)20(2)36)27(38)35-17-22-15-32(16-23(22)18-35)10-6-9-21-7-4-3-5-8-21/h3-5,7-9,22-23H,6,10-18H2,1-2H3,(H2,29,37)/t22-,23?/m0/s1. The van der Waals surface area contributed by atoms with Crippen molar-refractivity contribution in [3.63, 3.8) is 0 Å². The van der Waals surface area contributed by atoms with E-state index in [9.17, 15) is 14.4 Å². The third-order valence-corrected chi connectivity index (χ3v) is 8.01. The van der Waals surface area contributed by atoms with Gasteiger partial charge in [0.2, 0.25) is 11.9 Å². The van der Waals surface area contributed by atoms with Gasteiger partial charge in [0.25, 0.3) is 11.8 Å². The Hall–Kier alpha value is -3.53. The molecule has 2 atom stereocenters. The molecule has 0 aliphatic carbocycles. The number of carbonyl (C=O) groups is 3. The molecule has 201 valence electrons. The molecule has 2 aromatic rings. The molecule has 10 nitrogen and oxygen atoms in total. The lowest BCUT2D eigenvalue weighted by atomic mass is 10.0. The van der Waals surface area contributed by atoms with E-state index in [2.05, 4.69) is 45.6 Å². The molecule has 1 aromatic heterocycles. The second-order valence-electron chi connectivity index (χ2n) is 10.6. The van der Waals surface area contributed by atoms with E-state index < -0.39 is 5.91 Å². The van der Waals surface area contributed by atoms with Crippen LogP contribution in [-0.4, -0.2) is 101 Å². The number of carbonyl (C=O) groups excluding carboxylic acids is 3. The van der Waals surface area contributed by atoms with Gasteiger partial charge in [-0.25, -0.2) is 9.97 Å². The summed E-state index contributed by atoms with van der Waals surface area (Å²) in [6.07, 6.45) is 3.27. The number of piperazine rings is 1. The number of hydrogen-bond acceptors (Lipinski definition) is 7. The Balaban J connectivity index is 1.21. The van der Waals surface area contributed by atoms with Crippen molar-refractivity contribution in [2.45, 2.75) is 20.3 Å². The molecule has 5 rings (SSSR count). The molecule has 0 bridgehead atoms. The molecule has 1 unspecified atom stereocenters. The van der Waals surface area contributed by atoms with Crippen molar-refractivity contribution in [2.75, 3.05) is 63.8 Å². The first kappa shape index (κ1) is 26.1. The molecule has 2 N–H and O–H groups in total. The lowest BCUT2D eigenvalue weighted by molar-refractivity contribution is -0.129. The number of likely N-dealkylation sites (tertiary alicyclic amines) is 2. The molecule has 38 heavy (non-hydrogen) atoms. The second-order valence-corrected chi connectivity index (χ2v) is 10.6. The molecule has 0 saturated carbocycles. The number of benzene rings is 1. The average molecular weight is 519 g/mol. The van der Waals surface area contributed by atoms with Gasteiger partial charge in [0.05, 0.1) is 11.3 Å². The highest BCUT2D eigenvalue weighted by Crippen LogP contribution is 2.33. The van der Waals surface area contributed by atoms with Gasteiger partial charge in [0, 0.05) is 59.3 Å². The predicted molar refractivity (Wildman–Crippen MR) is 144 cm³/mol. The largest absolute Gasteiger partial charge is 0.364 e. The van der Waals surface area contributed by atoms with Crippen LogP contribution in [0.5, 0.6) is 0 Å². The fourth-order valence-corrected chi connectivity index (χ4v) is 5.95. The van der Waals surface area contributed by atoms with Crippen LogP contribution in [0.25, 0.3) is 0 Å².